The van der Waals surface area contributed by atoms with Crippen LogP contribution in [0.15, 0.2) is 65.1 Å². The van der Waals surface area contributed by atoms with Crippen molar-refractivity contribution in [2.24, 2.45) is 0 Å². The molecule has 0 spiro atoms. The lowest BCUT2D eigenvalue weighted by atomic mass is 10.1. The zero-order valence-corrected chi connectivity index (χ0v) is 17.8. The largest absolute Gasteiger partial charge is 0.479 e. The maximum Gasteiger partial charge on any atom is 0.265 e. The third-order valence-electron chi connectivity index (χ3n) is 4.68. The van der Waals surface area contributed by atoms with Crippen LogP contribution >= 0.6 is 23.2 Å². The Balaban J connectivity index is 1.54. The number of aromatic nitrogens is 1. The Hall–Kier alpha value is -3.02. The minimum atomic E-state index is -0.768. The number of ether oxygens (including phenoxy) is 1. The van der Waals surface area contributed by atoms with Gasteiger partial charge >= 0.3 is 0 Å². The van der Waals surface area contributed by atoms with Gasteiger partial charge in [-0.15, -0.1) is 0 Å². The van der Waals surface area contributed by atoms with Crippen molar-refractivity contribution in [1.82, 2.24) is 4.98 Å². The van der Waals surface area contributed by atoms with Crippen LogP contribution in [0.5, 0.6) is 5.75 Å². The van der Waals surface area contributed by atoms with E-state index >= 15 is 0 Å². The predicted molar refractivity (Wildman–Crippen MR) is 119 cm³/mol. The van der Waals surface area contributed by atoms with Crippen LogP contribution in [0.3, 0.4) is 0 Å². The number of benzene rings is 3. The van der Waals surface area contributed by atoms with Crippen LogP contribution in [0, 0.1) is 6.92 Å². The highest BCUT2D eigenvalue weighted by Crippen LogP contribution is 2.31. The van der Waals surface area contributed by atoms with Gasteiger partial charge in [0.25, 0.3) is 5.91 Å². The van der Waals surface area contributed by atoms with Crippen molar-refractivity contribution in [3.63, 3.8) is 0 Å². The van der Waals surface area contributed by atoms with Gasteiger partial charge in [0.1, 0.15) is 11.3 Å². The van der Waals surface area contributed by atoms with Gasteiger partial charge in [0.05, 0.1) is 5.02 Å². The maximum absolute atomic E-state index is 12.7. The zero-order chi connectivity index (χ0) is 21.3. The molecule has 152 valence electrons. The molecule has 0 saturated carbocycles. The molecular formula is C23H18Cl2N2O3. The number of fused-ring (bicyclic) bond motifs is 1. The molecule has 1 amide bonds. The normalized spacial score (nSPS) is 12.0. The van der Waals surface area contributed by atoms with E-state index in [1.54, 1.807) is 25.1 Å². The number of carbonyl (C=O) groups excluding carboxylic acids is 1. The van der Waals surface area contributed by atoms with E-state index in [1.807, 2.05) is 49.4 Å². The number of oxazole rings is 1. The lowest BCUT2D eigenvalue weighted by Gasteiger charge is -2.17. The van der Waals surface area contributed by atoms with Gasteiger partial charge in [-0.1, -0.05) is 41.4 Å². The van der Waals surface area contributed by atoms with Crippen LogP contribution in [-0.2, 0) is 4.79 Å². The number of para-hydroxylation sites is 2. The molecule has 1 N–H and O–H groups in total. The first-order chi connectivity index (χ1) is 14.4. The lowest BCUT2D eigenvalue weighted by molar-refractivity contribution is -0.122. The molecule has 0 aliphatic carbocycles. The quantitative estimate of drug-likeness (QED) is 0.383. The number of hydrogen-bond acceptors (Lipinski definition) is 4. The number of carbonyl (C=O) groups is 1. The Bertz CT molecular complexity index is 1200. The summed E-state index contributed by atoms with van der Waals surface area (Å²) < 4.78 is 11.6. The molecule has 0 fully saturated rings. The topological polar surface area (TPSA) is 64.4 Å². The van der Waals surface area contributed by atoms with Crippen molar-refractivity contribution in [1.29, 1.82) is 0 Å². The Morgan fingerprint density at radius 3 is 2.67 bits per heavy atom. The SMILES string of the molecule is Cc1c(NC(=O)[C@H](C)Oc2ccc(Cl)cc2Cl)cccc1-c1nc2ccccc2o1. The monoisotopic (exact) mass is 440 g/mol. The highest BCUT2D eigenvalue weighted by atomic mass is 35.5. The molecule has 7 heteroatoms. The van der Waals surface area contributed by atoms with E-state index < -0.39 is 6.10 Å². The Labute approximate surface area is 183 Å². The van der Waals surface area contributed by atoms with E-state index in [-0.39, 0.29) is 5.91 Å². The Morgan fingerprint density at radius 2 is 1.90 bits per heavy atom. The summed E-state index contributed by atoms with van der Waals surface area (Å²) in [7, 11) is 0. The summed E-state index contributed by atoms with van der Waals surface area (Å²) in [5, 5.41) is 3.74. The minimum absolute atomic E-state index is 0.307. The van der Waals surface area contributed by atoms with E-state index in [4.69, 9.17) is 32.4 Å². The van der Waals surface area contributed by atoms with E-state index in [1.165, 1.54) is 0 Å². The molecule has 5 nitrogen and oxygen atoms in total. The van der Waals surface area contributed by atoms with Crippen molar-refractivity contribution >= 4 is 45.9 Å². The second kappa shape index (κ2) is 8.38. The van der Waals surface area contributed by atoms with E-state index in [9.17, 15) is 4.79 Å². The first-order valence-electron chi connectivity index (χ1n) is 9.30. The van der Waals surface area contributed by atoms with Gasteiger partial charge in [0, 0.05) is 16.3 Å². The van der Waals surface area contributed by atoms with Crippen LogP contribution in [-0.4, -0.2) is 17.0 Å². The fourth-order valence-corrected chi connectivity index (χ4v) is 3.49. The van der Waals surface area contributed by atoms with Gasteiger partial charge in [-0.3, -0.25) is 4.79 Å². The fourth-order valence-electron chi connectivity index (χ4n) is 3.04. The average Bonchev–Trinajstić information content (AvgIpc) is 3.15. The summed E-state index contributed by atoms with van der Waals surface area (Å²) >= 11 is 12.0. The zero-order valence-electron chi connectivity index (χ0n) is 16.3. The van der Waals surface area contributed by atoms with Crippen molar-refractivity contribution < 1.29 is 13.9 Å². The number of nitrogens with zero attached hydrogens (tertiary/aromatic N) is 1. The molecule has 0 radical (unpaired) electrons. The van der Waals surface area contributed by atoms with Crippen LogP contribution in [0.2, 0.25) is 10.0 Å². The highest BCUT2D eigenvalue weighted by Gasteiger charge is 2.19. The third-order valence-corrected chi connectivity index (χ3v) is 5.21. The molecule has 4 rings (SSSR count). The van der Waals surface area contributed by atoms with Gasteiger partial charge in [0.15, 0.2) is 11.7 Å². The molecule has 4 aromatic rings. The summed E-state index contributed by atoms with van der Waals surface area (Å²) in [4.78, 5) is 17.2. The molecule has 1 heterocycles. The second-order valence-electron chi connectivity index (χ2n) is 6.79. The number of amides is 1. The summed E-state index contributed by atoms with van der Waals surface area (Å²) in [6.07, 6.45) is -0.768. The van der Waals surface area contributed by atoms with Crippen LogP contribution in [0.4, 0.5) is 5.69 Å². The molecule has 30 heavy (non-hydrogen) atoms. The van der Waals surface area contributed by atoms with E-state index in [0.29, 0.717) is 33.0 Å². The molecular weight excluding hydrogens is 423 g/mol. The predicted octanol–water partition coefficient (Wildman–Crippen LogP) is 6.52. The molecule has 3 aromatic carbocycles. The molecule has 0 aliphatic rings. The fraction of sp³-hybridized carbons (Fsp3) is 0.130. The lowest BCUT2D eigenvalue weighted by Crippen LogP contribution is -2.30. The number of hydrogen-bond donors (Lipinski definition) is 1. The smallest absolute Gasteiger partial charge is 0.265 e. The summed E-state index contributed by atoms with van der Waals surface area (Å²) in [6, 6.07) is 18.0. The Kier molecular flexibility index (Phi) is 5.66. The van der Waals surface area contributed by atoms with Crippen molar-refractivity contribution in [3.05, 3.63) is 76.3 Å². The second-order valence-corrected chi connectivity index (χ2v) is 7.63. The van der Waals surface area contributed by atoms with E-state index in [2.05, 4.69) is 10.3 Å². The van der Waals surface area contributed by atoms with Gasteiger partial charge < -0.3 is 14.5 Å². The number of halogens is 2. The maximum atomic E-state index is 12.7. The summed E-state index contributed by atoms with van der Waals surface area (Å²) in [5.41, 5.74) is 3.79. The number of anilines is 1. The van der Waals surface area contributed by atoms with Crippen LogP contribution in [0.1, 0.15) is 12.5 Å². The van der Waals surface area contributed by atoms with Crippen LogP contribution in [0.25, 0.3) is 22.6 Å². The van der Waals surface area contributed by atoms with Crippen LogP contribution < -0.4 is 10.1 Å². The Morgan fingerprint density at radius 1 is 1.10 bits per heavy atom. The van der Waals surface area contributed by atoms with Gasteiger partial charge in [-0.2, -0.15) is 0 Å². The highest BCUT2D eigenvalue weighted by molar-refractivity contribution is 6.35. The van der Waals surface area contributed by atoms with E-state index in [0.717, 1.165) is 16.6 Å². The summed E-state index contributed by atoms with van der Waals surface area (Å²) in [5.74, 6) is 0.585. The number of nitrogens with one attached hydrogen (secondary N) is 1. The first kappa shape index (κ1) is 20.3. The average molecular weight is 441 g/mol. The van der Waals surface area contributed by atoms with Gasteiger partial charge in [-0.05, 0) is 61.9 Å². The number of rotatable bonds is 5. The van der Waals surface area contributed by atoms with Gasteiger partial charge in [0.2, 0.25) is 5.89 Å². The molecule has 0 aliphatic heterocycles. The standard InChI is InChI=1S/C23H18Cl2N2O3/c1-13-16(23-27-19-7-3-4-9-21(19)30-23)6-5-8-18(13)26-22(28)14(2)29-20-11-10-15(24)12-17(20)25/h3-12,14H,1-2H3,(H,26,28)/t14-/m0/s1. The van der Waals surface area contributed by atoms with Crippen molar-refractivity contribution in [3.8, 4) is 17.2 Å². The van der Waals surface area contributed by atoms with Gasteiger partial charge in [-0.25, -0.2) is 4.98 Å². The third kappa shape index (κ3) is 4.13. The van der Waals surface area contributed by atoms with Crippen molar-refractivity contribution in [2.75, 3.05) is 5.32 Å². The molecule has 0 unspecified atom stereocenters. The summed E-state index contributed by atoms with van der Waals surface area (Å²) in [6.45, 7) is 3.56. The first-order valence-corrected chi connectivity index (χ1v) is 10.1. The molecule has 1 aromatic heterocycles. The molecule has 1 atom stereocenters. The molecule has 0 saturated heterocycles. The minimum Gasteiger partial charge on any atom is -0.479 e. The van der Waals surface area contributed by atoms with Crippen molar-refractivity contribution in [2.45, 2.75) is 20.0 Å². The molecule has 0 bridgehead atoms.